The zero-order chi connectivity index (χ0) is 19.8. The lowest BCUT2D eigenvalue weighted by molar-refractivity contribution is 0.395. The van der Waals surface area contributed by atoms with Crippen LogP contribution in [0.2, 0.25) is 0 Å². The minimum Gasteiger partial charge on any atom is -0.345 e. The van der Waals surface area contributed by atoms with Gasteiger partial charge in [-0.1, -0.05) is 37.3 Å². The lowest BCUT2D eigenvalue weighted by Crippen LogP contribution is -2.35. The Labute approximate surface area is 171 Å². The molecule has 0 bridgehead atoms. The van der Waals surface area contributed by atoms with E-state index < -0.39 is 0 Å². The maximum absolute atomic E-state index is 13.6. The first-order valence-electron chi connectivity index (χ1n) is 9.49. The molecule has 4 nitrogen and oxygen atoms in total. The smallest absolute Gasteiger partial charge is 0.173 e. The second-order valence-corrected chi connectivity index (χ2v) is 7.03. The van der Waals surface area contributed by atoms with Gasteiger partial charge in [0, 0.05) is 37.7 Å². The van der Waals surface area contributed by atoms with E-state index in [9.17, 15) is 4.39 Å². The molecule has 2 aromatic carbocycles. The van der Waals surface area contributed by atoms with Crippen LogP contribution in [0.25, 0.3) is 0 Å². The van der Waals surface area contributed by atoms with Gasteiger partial charge in [0.1, 0.15) is 5.82 Å². The summed E-state index contributed by atoms with van der Waals surface area (Å²) in [7, 11) is 0. The molecule has 0 atom stereocenters. The van der Waals surface area contributed by atoms with Gasteiger partial charge in [-0.15, -0.1) is 0 Å². The predicted octanol–water partition coefficient (Wildman–Crippen LogP) is 4.87. The average molecular weight is 397 g/mol. The number of rotatable bonds is 8. The fourth-order valence-electron chi connectivity index (χ4n) is 3.12. The molecule has 3 aromatic rings. The van der Waals surface area contributed by atoms with E-state index in [0.29, 0.717) is 11.7 Å². The number of benzene rings is 2. The minimum atomic E-state index is -0.230. The molecule has 0 amide bonds. The number of hydrogen-bond donors (Lipinski definition) is 1. The number of imidazole rings is 1. The Morgan fingerprint density at radius 1 is 1.21 bits per heavy atom. The molecule has 1 aromatic heterocycles. The minimum absolute atomic E-state index is 0.230. The molecule has 0 unspecified atom stereocenters. The summed E-state index contributed by atoms with van der Waals surface area (Å²) in [5.74, 6) is -0.230. The molecule has 0 aliphatic heterocycles. The van der Waals surface area contributed by atoms with E-state index in [-0.39, 0.29) is 5.82 Å². The molecule has 0 radical (unpaired) electrons. The van der Waals surface area contributed by atoms with Crippen molar-refractivity contribution < 1.29 is 4.39 Å². The first kappa shape index (κ1) is 20.0. The Hall–Kier alpha value is -2.73. The van der Waals surface area contributed by atoms with Crippen LogP contribution in [0.15, 0.2) is 67.3 Å². The van der Waals surface area contributed by atoms with Crippen LogP contribution in [0.3, 0.4) is 0 Å². The van der Waals surface area contributed by atoms with Crippen LogP contribution >= 0.6 is 12.2 Å². The number of nitrogens with one attached hydrogen (secondary N) is 1. The summed E-state index contributed by atoms with van der Waals surface area (Å²) in [6, 6.07) is 14.8. The number of aryl methyl sites for hydroxylation is 2. The van der Waals surface area contributed by atoms with Gasteiger partial charge < -0.3 is 14.8 Å². The fraction of sp³-hybridized carbons (Fsp3) is 0.273. The van der Waals surface area contributed by atoms with Crippen molar-refractivity contribution in [3.63, 3.8) is 0 Å². The number of hydrogen-bond acceptors (Lipinski definition) is 2. The Morgan fingerprint density at radius 2 is 2.07 bits per heavy atom. The van der Waals surface area contributed by atoms with E-state index in [1.165, 1.54) is 11.6 Å². The van der Waals surface area contributed by atoms with Gasteiger partial charge >= 0.3 is 0 Å². The Balaban J connectivity index is 1.70. The molecule has 6 heteroatoms. The number of thiocarbonyl (C=S) groups is 1. The van der Waals surface area contributed by atoms with Crippen LogP contribution in [-0.2, 0) is 19.5 Å². The highest BCUT2D eigenvalue weighted by molar-refractivity contribution is 7.80. The van der Waals surface area contributed by atoms with Crippen LogP contribution in [-0.4, -0.2) is 26.1 Å². The molecule has 0 saturated heterocycles. The van der Waals surface area contributed by atoms with Crippen molar-refractivity contribution in [1.29, 1.82) is 0 Å². The van der Waals surface area contributed by atoms with Crippen LogP contribution < -0.4 is 5.32 Å². The van der Waals surface area contributed by atoms with Crippen LogP contribution in [0.1, 0.15) is 24.5 Å². The SMILES string of the molecule is CCc1ccccc1NC(=S)N(CCCn1ccnc1)Cc1cccc(F)c1. The van der Waals surface area contributed by atoms with Crippen molar-refractivity contribution in [3.8, 4) is 0 Å². The molecular weight excluding hydrogens is 371 g/mol. The molecule has 0 aliphatic rings. The van der Waals surface area contributed by atoms with Gasteiger partial charge in [0.25, 0.3) is 0 Å². The number of para-hydroxylation sites is 1. The summed E-state index contributed by atoms with van der Waals surface area (Å²) in [6.07, 6.45) is 7.37. The van der Waals surface area contributed by atoms with E-state index in [0.717, 1.165) is 37.2 Å². The van der Waals surface area contributed by atoms with Gasteiger partial charge in [0.15, 0.2) is 5.11 Å². The first-order valence-corrected chi connectivity index (χ1v) is 9.90. The maximum Gasteiger partial charge on any atom is 0.173 e. The Bertz CT molecular complexity index is 895. The summed E-state index contributed by atoms with van der Waals surface area (Å²) in [5.41, 5.74) is 3.14. The van der Waals surface area contributed by atoms with Gasteiger partial charge in [0.05, 0.1) is 6.33 Å². The largest absolute Gasteiger partial charge is 0.345 e. The molecule has 0 saturated carbocycles. The highest BCUT2D eigenvalue weighted by Gasteiger charge is 2.12. The predicted molar refractivity (Wildman–Crippen MR) is 116 cm³/mol. The lowest BCUT2D eigenvalue weighted by Gasteiger charge is -2.27. The molecule has 1 heterocycles. The van der Waals surface area contributed by atoms with Crippen molar-refractivity contribution in [3.05, 3.63) is 84.2 Å². The molecule has 0 spiro atoms. The van der Waals surface area contributed by atoms with Gasteiger partial charge in [-0.2, -0.15) is 0 Å². The first-order chi connectivity index (χ1) is 13.7. The highest BCUT2D eigenvalue weighted by atomic mass is 32.1. The third-order valence-electron chi connectivity index (χ3n) is 4.59. The van der Waals surface area contributed by atoms with Crippen LogP contribution in [0.4, 0.5) is 10.1 Å². The monoisotopic (exact) mass is 396 g/mol. The summed E-state index contributed by atoms with van der Waals surface area (Å²) in [4.78, 5) is 6.17. The Morgan fingerprint density at radius 3 is 2.82 bits per heavy atom. The third kappa shape index (κ3) is 5.63. The van der Waals surface area contributed by atoms with E-state index in [2.05, 4.69) is 28.2 Å². The lowest BCUT2D eigenvalue weighted by atomic mass is 10.1. The summed E-state index contributed by atoms with van der Waals surface area (Å²) < 4.78 is 15.7. The Kier molecular flexibility index (Phi) is 7.14. The standard InChI is InChI=1S/C22H25FN4S/c1-2-19-8-3-4-10-21(19)25-22(28)27(13-6-12-26-14-11-24-17-26)16-18-7-5-9-20(23)15-18/h3-5,7-11,14-15,17H,2,6,12-13,16H2,1H3,(H,25,28). The molecular formula is C22H25FN4S. The number of anilines is 1. The molecule has 0 fully saturated rings. The van der Waals surface area contributed by atoms with E-state index in [4.69, 9.17) is 12.2 Å². The zero-order valence-corrected chi connectivity index (χ0v) is 16.8. The number of nitrogens with zero attached hydrogens (tertiary/aromatic N) is 3. The van der Waals surface area contributed by atoms with Crippen molar-refractivity contribution in [2.75, 3.05) is 11.9 Å². The maximum atomic E-state index is 13.6. The summed E-state index contributed by atoms with van der Waals surface area (Å²) in [6.45, 7) is 4.30. The topological polar surface area (TPSA) is 33.1 Å². The van der Waals surface area contributed by atoms with Gasteiger partial charge in [0.2, 0.25) is 0 Å². The molecule has 146 valence electrons. The van der Waals surface area contributed by atoms with Gasteiger partial charge in [-0.05, 0) is 54.4 Å². The molecule has 0 aliphatic carbocycles. The van der Waals surface area contributed by atoms with E-state index >= 15 is 0 Å². The fourth-order valence-corrected chi connectivity index (χ4v) is 3.38. The van der Waals surface area contributed by atoms with Gasteiger partial charge in [-0.3, -0.25) is 0 Å². The molecule has 28 heavy (non-hydrogen) atoms. The highest BCUT2D eigenvalue weighted by Crippen LogP contribution is 2.17. The quantitative estimate of drug-likeness (QED) is 0.551. The van der Waals surface area contributed by atoms with Crippen LogP contribution in [0.5, 0.6) is 0 Å². The normalized spacial score (nSPS) is 10.6. The van der Waals surface area contributed by atoms with E-state index in [1.807, 2.05) is 41.4 Å². The van der Waals surface area contributed by atoms with Crippen molar-refractivity contribution >= 4 is 23.0 Å². The summed E-state index contributed by atoms with van der Waals surface area (Å²) in [5, 5.41) is 4.03. The van der Waals surface area contributed by atoms with Crippen molar-refractivity contribution in [1.82, 2.24) is 14.5 Å². The number of aromatic nitrogens is 2. The van der Waals surface area contributed by atoms with Crippen molar-refractivity contribution in [2.45, 2.75) is 32.9 Å². The van der Waals surface area contributed by atoms with E-state index in [1.54, 1.807) is 18.3 Å². The summed E-state index contributed by atoms with van der Waals surface area (Å²) >= 11 is 5.71. The zero-order valence-electron chi connectivity index (χ0n) is 16.0. The van der Waals surface area contributed by atoms with Gasteiger partial charge in [-0.25, -0.2) is 9.37 Å². The average Bonchev–Trinajstić information content (AvgIpc) is 3.21. The molecule has 3 rings (SSSR count). The third-order valence-corrected chi connectivity index (χ3v) is 4.95. The van der Waals surface area contributed by atoms with Crippen LogP contribution in [0, 0.1) is 5.82 Å². The number of halogens is 1. The second-order valence-electron chi connectivity index (χ2n) is 6.65. The van der Waals surface area contributed by atoms with Crippen molar-refractivity contribution in [2.24, 2.45) is 0 Å². The molecule has 1 N–H and O–H groups in total. The second kappa shape index (κ2) is 9.99.